The maximum atomic E-state index is 12.0. The van der Waals surface area contributed by atoms with Gasteiger partial charge in [-0.25, -0.2) is 0 Å². The fourth-order valence-electron chi connectivity index (χ4n) is 1.81. The summed E-state index contributed by atoms with van der Waals surface area (Å²) >= 11 is 1.55. The van der Waals surface area contributed by atoms with Crippen LogP contribution in [-0.4, -0.2) is 25.9 Å². The number of aryl methyl sites for hydroxylation is 1. The third-order valence-electron chi connectivity index (χ3n) is 2.79. The molecule has 0 fully saturated rings. The SMILES string of the molecule is O=C(CCCn1nccn1)c1cc(-c2cccs2)on1. The molecule has 0 amide bonds. The van der Waals surface area contributed by atoms with Crippen molar-refractivity contribution in [3.63, 3.8) is 0 Å². The van der Waals surface area contributed by atoms with Gasteiger partial charge in [0.05, 0.1) is 23.8 Å². The number of hydrogen-bond acceptors (Lipinski definition) is 6. The summed E-state index contributed by atoms with van der Waals surface area (Å²) in [4.78, 5) is 14.5. The van der Waals surface area contributed by atoms with Crippen LogP contribution in [0.5, 0.6) is 0 Å². The molecule has 3 aromatic heterocycles. The summed E-state index contributed by atoms with van der Waals surface area (Å²) in [7, 11) is 0. The van der Waals surface area contributed by atoms with E-state index < -0.39 is 0 Å². The Morgan fingerprint density at radius 3 is 2.95 bits per heavy atom. The zero-order valence-electron chi connectivity index (χ0n) is 10.6. The number of ketones is 1. The first kappa shape index (κ1) is 12.7. The number of carbonyl (C=O) groups excluding carboxylic acids is 1. The molecule has 0 aliphatic rings. The minimum atomic E-state index is -0.0243. The summed E-state index contributed by atoms with van der Waals surface area (Å²) in [6, 6.07) is 5.56. The minimum absolute atomic E-state index is 0.0243. The van der Waals surface area contributed by atoms with Crippen molar-refractivity contribution >= 4 is 17.1 Å². The molecular formula is C13H12N4O2S. The molecule has 6 nitrogen and oxygen atoms in total. The molecule has 0 unspecified atom stereocenters. The van der Waals surface area contributed by atoms with Crippen molar-refractivity contribution in [2.75, 3.05) is 0 Å². The third-order valence-corrected chi connectivity index (χ3v) is 3.67. The Balaban J connectivity index is 1.57. The zero-order valence-corrected chi connectivity index (χ0v) is 11.4. The minimum Gasteiger partial charge on any atom is -0.355 e. The van der Waals surface area contributed by atoms with Crippen molar-refractivity contribution in [3.8, 4) is 10.6 Å². The van der Waals surface area contributed by atoms with Gasteiger partial charge in [0.15, 0.2) is 11.5 Å². The van der Waals surface area contributed by atoms with Crippen LogP contribution in [0.25, 0.3) is 10.6 Å². The predicted octanol–water partition coefficient (Wildman–Crippen LogP) is 2.66. The molecular weight excluding hydrogens is 276 g/mol. The van der Waals surface area contributed by atoms with E-state index in [1.807, 2.05) is 17.5 Å². The number of nitrogens with zero attached hydrogens (tertiary/aromatic N) is 4. The molecule has 3 aromatic rings. The van der Waals surface area contributed by atoms with Crippen LogP contribution < -0.4 is 0 Å². The average Bonchev–Trinajstić information content (AvgIpc) is 3.20. The van der Waals surface area contributed by atoms with Crippen LogP contribution in [0.2, 0.25) is 0 Å². The smallest absolute Gasteiger partial charge is 0.184 e. The highest BCUT2D eigenvalue weighted by molar-refractivity contribution is 7.13. The molecule has 0 bridgehead atoms. The van der Waals surface area contributed by atoms with Crippen LogP contribution in [0.4, 0.5) is 0 Å². The van der Waals surface area contributed by atoms with E-state index in [1.54, 1.807) is 34.6 Å². The van der Waals surface area contributed by atoms with E-state index in [1.165, 1.54) is 0 Å². The summed E-state index contributed by atoms with van der Waals surface area (Å²) in [5.74, 6) is 0.612. The maximum Gasteiger partial charge on any atom is 0.184 e. The number of carbonyl (C=O) groups is 1. The van der Waals surface area contributed by atoms with Crippen molar-refractivity contribution < 1.29 is 9.32 Å². The number of Topliss-reactive ketones (excluding diaryl/α,β-unsaturated/α-hetero) is 1. The lowest BCUT2D eigenvalue weighted by atomic mass is 10.1. The lowest BCUT2D eigenvalue weighted by Crippen LogP contribution is -2.05. The van der Waals surface area contributed by atoms with Crippen molar-refractivity contribution in [2.45, 2.75) is 19.4 Å². The fraction of sp³-hybridized carbons (Fsp3) is 0.231. The molecule has 102 valence electrons. The number of aromatic nitrogens is 4. The monoisotopic (exact) mass is 288 g/mol. The van der Waals surface area contributed by atoms with Crippen LogP contribution in [-0.2, 0) is 6.54 Å². The molecule has 0 saturated carbocycles. The molecule has 0 aromatic carbocycles. The molecule has 3 rings (SSSR count). The first-order valence-electron chi connectivity index (χ1n) is 6.21. The normalized spacial score (nSPS) is 10.8. The molecule has 0 radical (unpaired) electrons. The lowest BCUT2D eigenvalue weighted by molar-refractivity contribution is 0.0969. The first-order valence-corrected chi connectivity index (χ1v) is 7.09. The second kappa shape index (κ2) is 5.79. The largest absolute Gasteiger partial charge is 0.355 e. The van der Waals surface area contributed by atoms with Gasteiger partial charge < -0.3 is 4.52 Å². The standard InChI is InChI=1S/C13H12N4O2S/c18-11(3-1-7-17-14-5-6-15-17)10-9-12(19-16-10)13-4-2-8-20-13/h2,4-6,8-9H,1,3,7H2. The van der Waals surface area contributed by atoms with Crippen LogP contribution in [0, 0.1) is 0 Å². The number of rotatable bonds is 6. The van der Waals surface area contributed by atoms with Gasteiger partial charge in [-0.15, -0.1) is 11.3 Å². The topological polar surface area (TPSA) is 73.8 Å². The summed E-state index contributed by atoms with van der Waals surface area (Å²) in [5.41, 5.74) is 0.377. The summed E-state index contributed by atoms with van der Waals surface area (Å²) in [6.45, 7) is 0.619. The zero-order chi connectivity index (χ0) is 13.8. The van der Waals surface area contributed by atoms with Gasteiger partial charge in [-0.05, 0) is 17.9 Å². The quantitative estimate of drug-likeness (QED) is 0.652. The van der Waals surface area contributed by atoms with Crippen molar-refractivity contribution in [1.29, 1.82) is 0 Å². The van der Waals surface area contributed by atoms with E-state index in [0.717, 1.165) is 4.88 Å². The Bertz CT molecular complexity index is 673. The van der Waals surface area contributed by atoms with Crippen LogP contribution in [0.1, 0.15) is 23.3 Å². The van der Waals surface area contributed by atoms with Crippen LogP contribution >= 0.6 is 11.3 Å². The van der Waals surface area contributed by atoms with Crippen LogP contribution in [0.3, 0.4) is 0 Å². The van der Waals surface area contributed by atoms with E-state index in [2.05, 4.69) is 15.4 Å². The fourth-order valence-corrected chi connectivity index (χ4v) is 2.48. The molecule has 0 spiro atoms. The van der Waals surface area contributed by atoms with Crippen molar-refractivity contribution in [1.82, 2.24) is 20.2 Å². The number of thiophene rings is 1. The molecule has 0 aliphatic carbocycles. The Hall–Kier alpha value is -2.28. The van der Waals surface area contributed by atoms with Gasteiger partial charge in [0.1, 0.15) is 5.69 Å². The average molecular weight is 288 g/mol. The highest BCUT2D eigenvalue weighted by Gasteiger charge is 2.14. The molecule has 7 heteroatoms. The molecule has 0 atom stereocenters. The van der Waals surface area contributed by atoms with Gasteiger partial charge in [0, 0.05) is 12.5 Å². The molecule has 20 heavy (non-hydrogen) atoms. The Morgan fingerprint density at radius 2 is 2.20 bits per heavy atom. The summed E-state index contributed by atoms with van der Waals surface area (Å²) in [5, 5.41) is 13.8. The Kier molecular flexibility index (Phi) is 3.69. The Labute approximate surface area is 119 Å². The lowest BCUT2D eigenvalue weighted by Gasteiger charge is -1.97. The molecule has 0 aliphatic heterocycles. The number of hydrogen-bond donors (Lipinski definition) is 0. The van der Waals surface area contributed by atoms with E-state index in [-0.39, 0.29) is 5.78 Å². The first-order chi connectivity index (χ1) is 9.83. The van der Waals surface area contributed by atoms with Crippen LogP contribution in [0.15, 0.2) is 40.5 Å². The highest BCUT2D eigenvalue weighted by Crippen LogP contribution is 2.25. The highest BCUT2D eigenvalue weighted by atomic mass is 32.1. The second-order valence-corrected chi connectivity index (χ2v) is 5.15. The van der Waals surface area contributed by atoms with Gasteiger partial charge in [0.25, 0.3) is 0 Å². The maximum absolute atomic E-state index is 12.0. The molecule has 0 N–H and O–H groups in total. The summed E-state index contributed by atoms with van der Waals surface area (Å²) in [6.07, 6.45) is 4.31. The third kappa shape index (κ3) is 2.83. The van der Waals surface area contributed by atoms with E-state index >= 15 is 0 Å². The van der Waals surface area contributed by atoms with Gasteiger partial charge in [-0.1, -0.05) is 11.2 Å². The second-order valence-electron chi connectivity index (χ2n) is 4.21. The van der Waals surface area contributed by atoms with E-state index in [0.29, 0.717) is 30.8 Å². The van der Waals surface area contributed by atoms with Crippen molar-refractivity contribution in [3.05, 3.63) is 41.7 Å². The Morgan fingerprint density at radius 1 is 1.35 bits per heavy atom. The van der Waals surface area contributed by atoms with E-state index in [9.17, 15) is 4.79 Å². The summed E-state index contributed by atoms with van der Waals surface area (Å²) < 4.78 is 5.19. The molecule has 0 saturated heterocycles. The van der Waals surface area contributed by atoms with Gasteiger partial charge in [-0.2, -0.15) is 15.0 Å². The predicted molar refractivity (Wildman–Crippen MR) is 73.4 cm³/mol. The molecule has 3 heterocycles. The van der Waals surface area contributed by atoms with Gasteiger partial charge in [-0.3, -0.25) is 4.79 Å². The van der Waals surface area contributed by atoms with E-state index in [4.69, 9.17) is 4.52 Å². The van der Waals surface area contributed by atoms with Gasteiger partial charge in [0.2, 0.25) is 0 Å². The van der Waals surface area contributed by atoms with Crippen molar-refractivity contribution in [2.24, 2.45) is 0 Å². The van der Waals surface area contributed by atoms with Gasteiger partial charge >= 0.3 is 0 Å².